The lowest BCUT2D eigenvalue weighted by Crippen LogP contribution is -2.19. The molecule has 0 aliphatic rings. The van der Waals surface area contributed by atoms with Crippen LogP contribution in [0.5, 0.6) is 0 Å². The minimum Gasteiger partial charge on any atom is -0.371 e. The van der Waals surface area contributed by atoms with Crippen LogP contribution >= 0.6 is 0 Å². The summed E-state index contributed by atoms with van der Waals surface area (Å²) in [6, 6.07) is 4.92. The first-order chi connectivity index (χ1) is 7.49. The van der Waals surface area contributed by atoms with E-state index < -0.39 is 11.7 Å². The Morgan fingerprint density at radius 2 is 2.00 bits per heavy atom. The number of hydrogen-bond acceptors (Lipinski definition) is 1. The number of anilines is 1. The lowest BCUT2D eigenvalue weighted by atomic mass is 10.1. The second-order valence-corrected chi connectivity index (χ2v) is 3.32. The van der Waals surface area contributed by atoms with Crippen LogP contribution in [-0.4, -0.2) is 6.04 Å². The van der Waals surface area contributed by atoms with E-state index in [1.807, 2.05) is 6.92 Å². The van der Waals surface area contributed by atoms with Gasteiger partial charge in [-0.3, -0.25) is 0 Å². The van der Waals surface area contributed by atoms with Gasteiger partial charge in [-0.25, -0.2) is 0 Å². The number of nitrogens with one attached hydrogen (secondary N) is 1. The number of halogens is 3. The van der Waals surface area contributed by atoms with Crippen molar-refractivity contribution in [2.75, 3.05) is 5.32 Å². The van der Waals surface area contributed by atoms with Gasteiger partial charge in [0.15, 0.2) is 0 Å². The molecule has 1 N–H and O–H groups in total. The third kappa shape index (κ3) is 2.93. The molecular formula is C12H12F3N. The van der Waals surface area contributed by atoms with Crippen molar-refractivity contribution >= 4 is 5.69 Å². The fourth-order valence-electron chi connectivity index (χ4n) is 1.31. The van der Waals surface area contributed by atoms with Gasteiger partial charge in [-0.2, -0.15) is 13.2 Å². The first-order valence-electron chi connectivity index (χ1n) is 4.88. The number of benzene rings is 1. The average molecular weight is 227 g/mol. The minimum absolute atomic E-state index is 0.0276. The molecule has 1 aromatic carbocycles. The van der Waals surface area contributed by atoms with Crippen molar-refractivity contribution in [1.29, 1.82) is 0 Å². The molecule has 0 aliphatic carbocycles. The smallest absolute Gasteiger partial charge is 0.371 e. The molecule has 0 aliphatic heterocycles. The Morgan fingerprint density at radius 1 is 1.38 bits per heavy atom. The summed E-state index contributed by atoms with van der Waals surface area (Å²) < 4.78 is 37.8. The Morgan fingerprint density at radius 3 is 2.50 bits per heavy atom. The van der Waals surface area contributed by atoms with E-state index in [9.17, 15) is 13.2 Å². The summed E-state index contributed by atoms with van der Waals surface area (Å²) in [5, 5.41) is 2.70. The van der Waals surface area contributed by atoms with Crippen LogP contribution in [-0.2, 0) is 6.18 Å². The first-order valence-corrected chi connectivity index (χ1v) is 4.88. The Labute approximate surface area is 92.7 Å². The number of terminal acetylenes is 1. The second kappa shape index (κ2) is 4.93. The molecule has 86 valence electrons. The van der Waals surface area contributed by atoms with Gasteiger partial charge < -0.3 is 5.32 Å². The van der Waals surface area contributed by atoms with E-state index in [2.05, 4.69) is 11.2 Å². The number of rotatable bonds is 3. The largest absolute Gasteiger partial charge is 0.418 e. The van der Waals surface area contributed by atoms with Crippen LogP contribution in [0.2, 0.25) is 0 Å². The molecule has 1 rings (SSSR count). The zero-order chi connectivity index (χ0) is 12.2. The Kier molecular flexibility index (Phi) is 3.83. The zero-order valence-electron chi connectivity index (χ0n) is 8.81. The molecule has 1 nitrogen and oxygen atoms in total. The third-order valence-electron chi connectivity index (χ3n) is 2.17. The lowest BCUT2D eigenvalue weighted by Gasteiger charge is -2.17. The van der Waals surface area contributed by atoms with Gasteiger partial charge in [0.05, 0.1) is 11.6 Å². The van der Waals surface area contributed by atoms with Crippen LogP contribution < -0.4 is 5.32 Å². The van der Waals surface area contributed by atoms with Crippen molar-refractivity contribution in [2.45, 2.75) is 25.6 Å². The highest BCUT2D eigenvalue weighted by Crippen LogP contribution is 2.34. The minimum atomic E-state index is -4.36. The predicted molar refractivity (Wildman–Crippen MR) is 58.0 cm³/mol. The monoisotopic (exact) mass is 227 g/mol. The fourth-order valence-corrected chi connectivity index (χ4v) is 1.31. The van der Waals surface area contributed by atoms with Gasteiger partial charge >= 0.3 is 6.18 Å². The summed E-state index contributed by atoms with van der Waals surface area (Å²) in [5.41, 5.74) is -0.663. The lowest BCUT2D eigenvalue weighted by molar-refractivity contribution is -0.137. The second-order valence-electron chi connectivity index (χ2n) is 3.32. The van der Waals surface area contributed by atoms with Crippen molar-refractivity contribution in [3.63, 3.8) is 0 Å². The summed E-state index contributed by atoms with van der Waals surface area (Å²) >= 11 is 0. The molecule has 0 amide bonds. The van der Waals surface area contributed by atoms with E-state index >= 15 is 0 Å². The molecule has 1 atom stereocenters. The van der Waals surface area contributed by atoms with Gasteiger partial charge in [0.1, 0.15) is 0 Å². The highest BCUT2D eigenvalue weighted by molar-refractivity contribution is 5.54. The zero-order valence-corrected chi connectivity index (χ0v) is 8.81. The Hall–Kier alpha value is -1.63. The SMILES string of the molecule is C#CC(CC)Nc1ccccc1C(F)(F)F. The van der Waals surface area contributed by atoms with Gasteiger partial charge in [0.25, 0.3) is 0 Å². The predicted octanol–water partition coefficient (Wildman–Crippen LogP) is 3.53. The van der Waals surface area contributed by atoms with Gasteiger partial charge in [0, 0.05) is 5.69 Å². The van der Waals surface area contributed by atoms with Crippen molar-refractivity contribution in [2.24, 2.45) is 0 Å². The molecule has 0 radical (unpaired) electrons. The fraction of sp³-hybridized carbons (Fsp3) is 0.333. The summed E-state index contributed by atoms with van der Waals surface area (Å²) in [6.45, 7) is 1.81. The van der Waals surface area contributed by atoms with E-state index in [4.69, 9.17) is 6.42 Å². The van der Waals surface area contributed by atoms with Crippen LogP contribution in [0, 0.1) is 12.3 Å². The van der Waals surface area contributed by atoms with Gasteiger partial charge in [-0.05, 0) is 18.6 Å². The average Bonchev–Trinajstić information content (AvgIpc) is 2.25. The molecule has 0 aromatic heterocycles. The molecule has 0 fully saturated rings. The molecule has 0 spiro atoms. The van der Waals surface area contributed by atoms with E-state index in [1.54, 1.807) is 6.07 Å². The number of hydrogen-bond donors (Lipinski definition) is 1. The molecule has 1 aromatic rings. The highest BCUT2D eigenvalue weighted by Gasteiger charge is 2.33. The quantitative estimate of drug-likeness (QED) is 0.779. The van der Waals surface area contributed by atoms with Gasteiger partial charge in [0.2, 0.25) is 0 Å². The van der Waals surface area contributed by atoms with Crippen molar-refractivity contribution in [1.82, 2.24) is 0 Å². The standard InChI is InChI=1S/C12H12F3N/c1-3-9(4-2)16-11-8-6-5-7-10(11)12(13,14)15/h1,5-9,16H,4H2,2H3. The molecule has 4 heteroatoms. The summed E-state index contributed by atoms with van der Waals surface area (Å²) in [4.78, 5) is 0. The Bertz CT molecular complexity index is 390. The maximum Gasteiger partial charge on any atom is 0.418 e. The topological polar surface area (TPSA) is 12.0 Å². The highest BCUT2D eigenvalue weighted by atomic mass is 19.4. The molecule has 0 bridgehead atoms. The first kappa shape index (κ1) is 12.4. The van der Waals surface area contributed by atoms with Gasteiger partial charge in [-0.15, -0.1) is 6.42 Å². The molecule has 0 heterocycles. The summed E-state index contributed by atoms with van der Waals surface area (Å²) in [6.07, 6.45) is 1.40. The van der Waals surface area contributed by atoms with E-state index in [0.717, 1.165) is 6.07 Å². The van der Waals surface area contributed by atoms with E-state index in [-0.39, 0.29) is 11.7 Å². The molecular weight excluding hydrogens is 215 g/mol. The van der Waals surface area contributed by atoms with Crippen LogP contribution in [0.4, 0.5) is 18.9 Å². The van der Waals surface area contributed by atoms with Crippen LogP contribution in [0.1, 0.15) is 18.9 Å². The van der Waals surface area contributed by atoms with Crippen LogP contribution in [0.25, 0.3) is 0 Å². The van der Waals surface area contributed by atoms with Crippen molar-refractivity contribution < 1.29 is 13.2 Å². The maximum absolute atomic E-state index is 12.6. The van der Waals surface area contributed by atoms with Gasteiger partial charge in [-0.1, -0.05) is 25.0 Å². The summed E-state index contributed by atoms with van der Waals surface area (Å²) in [5.74, 6) is 2.40. The maximum atomic E-state index is 12.6. The van der Waals surface area contributed by atoms with Crippen molar-refractivity contribution in [3.05, 3.63) is 29.8 Å². The molecule has 0 saturated carbocycles. The molecule has 0 saturated heterocycles. The number of alkyl halides is 3. The summed E-state index contributed by atoms with van der Waals surface area (Å²) in [7, 11) is 0. The van der Waals surface area contributed by atoms with Crippen molar-refractivity contribution in [3.8, 4) is 12.3 Å². The van der Waals surface area contributed by atoms with E-state index in [0.29, 0.717) is 6.42 Å². The molecule has 16 heavy (non-hydrogen) atoms. The Balaban J connectivity index is 3.01. The normalized spacial score (nSPS) is 12.9. The number of para-hydroxylation sites is 1. The van der Waals surface area contributed by atoms with Crippen LogP contribution in [0.3, 0.4) is 0 Å². The van der Waals surface area contributed by atoms with E-state index in [1.165, 1.54) is 12.1 Å². The van der Waals surface area contributed by atoms with Crippen LogP contribution in [0.15, 0.2) is 24.3 Å². The molecule has 1 unspecified atom stereocenters. The third-order valence-corrected chi connectivity index (χ3v) is 2.17.